The van der Waals surface area contributed by atoms with Gasteiger partial charge in [-0.3, -0.25) is 4.79 Å². The van der Waals surface area contributed by atoms with Crippen LogP contribution in [0.15, 0.2) is 24.3 Å². The summed E-state index contributed by atoms with van der Waals surface area (Å²) in [4.78, 5) is 13.3. The molecule has 2 rings (SSSR count). The van der Waals surface area contributed by atoms with Crippen molar-refractivity contribution in [1.29, 1.82) is 0 Å². The van der Waals surface area contributed by atoms with Crippen LogP contribution in [0.5, 0.6) is 0 Å². The molecule has 2 saturated heterocycles. The van der Waals surface area contributed by atoms with Crippen molar-refractivity contribution in [1.82, 2.24) is 5.32 Å². The van der Waals surface area contributed by atoms with Gasteiger partial charge in [-0.2, -0.15) is 0 Å². The van der Waals surface area contributed by atoms with E-state index in [1.807, 2.05) is 6.08 Å². The molecule has 0 saturated carbocycles. The van der Waals surface area contributed by atoms with E-state index < -0.39 is 86.8 Å². The van der Waals surface area contributed by atoms with Crippen LogP contribution in [0.4, 0.5) is 0 Å². The number of amides is 1. The summed E-state index contributed by atoms with van der Waals surface area (Å²) >= 11 is 0. The van der Waals surface area contributed by atoms with Crippen molar-refractivity contribution in [2.75, 3.05) is 19.8 Å². The third-order valence-electron chi connectivity index (χ3n) is 17.1. The molecule has 9 N–H and O–H groups in total. The Morgan fingerprint density at radius 2 is 0.768 bits per heavy atom. The van der Waals surface area contributed by atoms with Gasteiger partial charge in [0.25, 0.3) is 0 Å². The molecule has 14 heteroatoms. The molecule has 2 aliphatic rings. The van der Waals surface area contributed by atoms with Gasteiger partial charge in [0.1, 0.15) is 48.8 Å². The molecule has 0 bridgehead atoms. The topological polar surface area (TPSA) is 228 Å². The van der Waals surface area contributed by atoms with E-state index in [4.69, 9.17) is 18.9 Å². The molecule has 0 radical (unpaired) electrons. The van der Waals surface area contributed by atoms with Crippen molar-refractivity contribution < 1.29 is 64.6 Å². The molecular weight excluding hydrogens is 1040 g/mol. The summed E-state index contributed by atoms with van der Waals surface area (Å²) in [5, 5.41) is 87.3. The summed E-state index contributed by atoms with van der Waals surface area (Å²) in [6, 6.07) is -0.916. The highest BCUT2D eigenvalue weighted by atomic mass is 16.7. The fraction of sp³-hybridized carbons (Fsp3) is 0.926. The maximum Gasteiger partial charge on any atom is 0.220 e. The first-order chi connectivity index (χ1) is 40.1. The highest BCUT2D eigenvalue weighted by Crippen LogP contribution is 2.30. The Bertz CT molecular complexity index is 1470. The van der Waals surface area contributed by atoms with Crippen LogP contribution in [0.3, 0.4) is 0 Å². The molecular formula is C68H129NO13. The SMILES string of the molecule is CCCCCCCC/C=C\CCCCCCCCCC(=O)NC(COC1OC(CO)C(OC2OC(CO)C(O)C(O)C2O)C(O)C1O)C(O)/C=C/CCCCCCCCCCCCCCCCCCCCCCCCCCCCCCC. The van der Waals surface area contributed by atoms with E-state index in [0.717, 1.165) is 44.9 Å². The number of hydrogen-bond donors (Lipinski definition) is 9. The zero-order valence-electron chi connectivity index (χ0n) is 52.5. The first kappa shape index (κ1) is 76.6. The number of nitrogens with one attached hydrogen (secondary N) is 1. The fourth-order valence-corrected chi connectivity index (χ4v) is 11.6. The van der Waals surface area contributed by atoms with Crippen molar-refractivity contribution in [3.63, 3.8) is 0 Å². The zero-order valence-corrected chi connectivity index (χ0v) is 52.5. The molecule has 2 aliphatic heterocycles. The molecule has 1 amide bonds. The summed E-state index contributed by atoms with van der Waals surface area (Å²) < 4.78 is 22.8. The number of carbonyl (C=O) groups is 1. The predicted molar refractivity (Wildman–Crippen MR) is 332 cm³/mol. The van der Waals surface area contributed by atoms with Gasteiger partial charge in [-0.25, -0.2) is 0 Å². The number of hydrogen-bond acceptors (Lipinski definition) is 13. The van der Waals surface area contributed by atoms with E-state index >= 15 is 0 Å². The first-order valence-corrected chi connectivity index (χ1v) is 34.6. The van der Waals surface area contributed by atoms with Crippen LogP contribution in [0.1, 0.15) is 309 Å². The Hall–Kier alpha value is -1.53. The molecule has 0 aliphatic carbocycles. The molecule has 0 aromatic rings. The van der Waals surface area contributed by atoms with E-state index in [1.165, 1.54) is 238 Å². The van der Waals surface area contributed by atoms with E-state index in [2.05, 4.69) is 31.3 Å². The van der Waals surface area contributed by atoms with Gasteiger partial charge in [-0.15, -0.1) is 0 Å². The van der Waals surface area contributed by atoms with Crippen LogP contribution < -0.4 is 5.32 Å². The van der Waals surface area contributed by atoms with Crippen LogP contribution in [0.2, 0.25) is 0 Å². The smallest absolute Gasteiger partial charge is 0.220 e. The number of carbonyl (C=O) groups excluding carboxylic acids is 1. The second kappa shape index (κ2) is 53.7. The van der Waals surface area contributed by atoms with Crippen molar-refractivity contribution in [2.45, 2.75) is 383 Å². The Balaban J connectivity index is 1.66. The van der Waals surface area contributed by atoms with Gasteiger partial charge in [0, 0.05) is 6.42 Å². The summed E-state index contributed by atoms with van der Waals surface area (Å²) in [6.07, 6.45) is 49.5. The maximum absolute atomic E-state index is 13.3. The van der Waals surface area contributed by atoms with Crippen molar-refractivity contribution in [3.05, 3.63) is 24.3 Å². The minimum Gasteiger partial charge on any atom is -0.394 e. The Morgan fingerprint density at radius 1 is 0.427 bits per heavy atom. The molecule has 2 fully saturated rings. The molecule has 484 valence electrons. The lowest BCUT2D eigenvalue weighted by Gasteiger charge is -2.46. The highest BCUT2D eigenvalue weighted by molar-refractivity contribution is 5.76. The number of aliphatic hydroxyl groups excluding tert-OH is 8. The van der Waals surface area contributed by atoms with Crippen molar-refractivity contribution in [3.8, 4) is 0 Å². The highest BCUT2D eigenvalue weighted by Gasteiger charge is 2.51. The van der Waals surface area contributed by atoms with Crippen LogP contribution in [0, 0.1) is 0 Å². The molecule has 14 nitrogen and oxygen atoms in total. The van der Waals surface area contributed by atoms with Gasteiger partial charge < -0.3 is 65.1 Å². The standard InChI is InChI=1S/C68H129NO13/c1-3-5-7-9-11-13-15-17-19-21-22-23-24-25-26-27-28-29-30-31-32-33-34-36-37-39-41-43-45-47-49-51-57(72)56(69-60(73)52-50-48-46-44-42-40-38-35-20-18-16-14-12-10-8-6-4-2)55-79-67-65(78)63(76)66(59(54-71)81-67)82-68-64(77)62(75)61(74)58(53-70)80-68/h18,20,49,51,56-59,61-68,70-72,74-78H,3-17,19,21-48,50,52-55H2,1-2H3,(H,69,73)/b20-18-,51-49+. The summed E-state index contributed by atoms with van der Waals surface area (Å²) in [6.45, 7) is 2.83. The van der Waals surface area contributed by atoms with Crippen molar-refractivity contribution in [2.24, 2.45) is 0 Å². The lowest BCUT2D eigenvalue weighted by molar-refractivity contribution is -0.359. The minimum atomic E-state index is -1.79. The average Bonchev–Trinajstić information content (AvgIpc) is 3.49. The largest absolute Gasteiger partial charge is 0.394 e. The molecule has 2 heterocycles. The monoisotopic (exact) mass is 1170 g/mol. The Morgan fingerprint density at radius 3 is 1.16 bits per heavy atom. The molecule has 12 unspecified atom stereocenters. The number of ether oxygens (including phenoxy) is 4. The van der Waals surface area contributed by atoms with E-state index in [1.54, 1.807) is 6.08 Å². The Kier molecular flexibility index (Phi) is 50.1. The molecule has 0 aromatic heterocycles. The van der Waals surface area contributed by atoms with E-state index in [9.17, 15) is 45.6 Å². The van der Waals surface area contributed by atoms with Gasteiger partial charge in [-0.05, 0) is 44.9 Å². The zero-order chi connectivity index (χ0) is 59.5. The van der Waals surface area contributed by atoms with E-state index in [0.29, 0.717) is 6.42 Å². The second-order valence-electron chi connectivity index (χ2n) is 24.7. The molecule has 0 aromatic carbocycles. The average molecular weight is 1170 g/mol. The number of aliphatic hydroxyl groups is 8. The first-order valence-electron chi connectivity index (χ1n) is 34.6. The van der Waals surface area contributed by atoms with Crippen LogP contribution in [-0.2, 0) is 23.7 Å². The lowest BCUT2D eigenvalue weighted by Crippen LogP contribution is -2.65. The number of rotatable bonds is 57. The number of unbranched alkanes of at least 4 members (excludes halogenated alkanes) is 42. The second-order valence-corrected chi connectivity index (χ2v) is 24.7. The minimum absolute atomic E-state index is 0.240. The number of allylic oxidation sites excluding steroid dienone is 3. The van der Waals surface area contributed by atoms with Gasteiger partial charge in [0.15, 0.2) is 12.6 Å². The van der Waals surface area contributed by atoms with E-state index in [-0.39, 0.29) is 18.9 Å². The molecule has 82 heavy (non-hydrogen) atoms. The summed E-state index contributed by atoms with van der Waals surface area (Å²) in [5.41, 5.74) is 0. The van der Waals surface area contributed by atoms with Gasteiger partial charge in [0.2, 0.25) is 5.91 Å². The summed E-state index contributed by atoms with van der Waals surface area (Å²) in [7, 11) is 0. The Labute approximate surface area is 500 Å². The van der Waals surface area contributed by atoms with Crippen molar-refractivity contribution >= 4 is 5.91 Å². The lowest BCUT2D eigenvalue weighted by atomic mass is 9.97. The third-order valence-corrected chi connectivity index (χ3v) is 17.1. The quantitative estimate of drug-likeness (QED) is 0.0204. The van der Waals surface area contributed by atoms with Crippen LogP contribution >= 0.6 is 0 Å². The predicted octanol–water partition coefficient (Wildman–Crippen LogP) is 13.6. The molecule has 0 spiro atoms. The van der Waals surface area contributed by atoms with Crippen LogP contribution in [0.25, 0.3) is 0 Å². The maximum atomic E-state index is 13.3. The van der Waals surface area contributed by atoms with Gasteiger partial charge in [0.05, 0.1) is 32.0 Å². The van der Waals surface area contributed by atoms with Gasteiger partial charge in [-0.1, -0.05) is 282 Å². The normalized spacial score (nSPS) is 24.0. The van der Waals surface area contributed by atoms with Crippen LogP contribution in [-0.4, -0.2) is 140 Å². The summed E-state index contributed by atoms with van der Waals surface area (Å²) in [5.74, 6) is -0.240. The molecule has 12 atom stereocenters. The third kappa shape index (κ3) is 37.9. The van der Waals surface area contributed by atoms with Gasteiger partial charge >= 0.3 is 0 Å². The fourth-order valence-electron chi connectivity index (χ4n) is 11.6.